The lowest BCUT2D eigenvalue weighted by molar-refractivity contribution is 0.156. The minimum absolute atomic E-state index is 0.734. The van der Waals surface area contributed by atoms with Gasteiger partial charge < -0.3 is 10.1 Å². The summed E-state index contributed by atoms with van der Waals surface area (Å²) in [5, 5.41) is 4.87. The van der Waals surface area contributed by atoms with E-state index < -0.39 is 0 Å². The van der Waals surface area contributed by atoms with E-state index in [2.05, 4.69) is 5.32 Å². The van der Waals surface area contributed by atoms with Crippen molar-refractivity contribution in [2.75, 3.05) is 19.8 Å². The zero-order valence-corrected chi connectivity index (χ0v) is 5.41. The van der Waals surface area contributed by atoms with Gasteiger partial charge in [-0.05, 0) is 0 Å². The molecule has 2 fully saturated rings. The highest BCUT2D eigenvalue weighted by molar-refractivity contribution is 8.07. The lowest BCUT2D eigenvalue weighted by atomic mass is 10.5. The minimum Gasteiger partial charge on any atom is -0.379 e. The first kappa shape index (κ1) is 5.09. The summed E-state index contributed by atoms with van der Waals surface area (Å²) < 4.78 is 5.27. The largest absolute Gasteiger partial charge is 0.379 e. The van der Waals surface area contributed by atoms with Crippen LogP contribution in [-0.2, 0) is 4.74 Å². The summed E-state index contributed by atoms with van der Waals surface area (Å²) in [5.74, 6) is 0. The van der Waals surface area contributed by atoms with Gasteiger partial charge in [0, 0.05) is 6.54 Å². The SMILES string of the molecule is C1COCC2SC2N1. The third-order valence-electron chi connectivity index (χ3n) is 1.46. The van der Waals surface area contributed by atoms with E-state index in [0.717, 1.165) is 30.4 Å². The molecule has 2 nitrogen and oxygen atoms in total. The molecule has 1 N–H and O–H groups in total. The van der Waals surface area contributed by atoms with E-state index in [9.17, 15) is 0 Å². The van der Waals surface area contributed by atoms with Crippen LogP contribution in [0.3, 0.4) is 0 Å². The summed E-state index contributed by atoms with van der Waals surface area (Å²) in [7, 11) is 0. The van der Waals surface area contributed by atoms with E-state index >= 15 is 0 Å². The zero-order chi connectivity index (χ0) is 5.40. The third-order valence-corrected chi connectivity index (χ3v) is 2.69. The number of hydrogen-bond donors (Lipinski definition) is 1. The summed E-state index contributed by atoms with van der Waals surface area (Å²) >= 11 is 1.98. The Morgan fingerprint density at radius 3 is 3.62 bits per heavy atom. The zero-order valence-electron chi connectivity index (χ0n) is 4.59. The molecular weight excluding hydrogens is 122 g/mol. The van der Waals surface area contributed by atoms with Crippen molar-refractivity contribution in [3.8, 4) is 0 Å². The quantitative estimate of drug-likeness (QED) is 0.469. The van der Waals surface area contributed by atoms with Crippen LogP contribution in [-0.4, -0.2) is 30.4 Å². The van der Waals surface area contributed by atoms with E-state index in [-0.39, 0.29) is 0 Å². The minimum atomic E-state index is 0.734. The molecule has 0 aromatic heterocycles. The highest BCUT2D eigenvalue weighted by Gasteiger charge is 2.39. The van der Waals surface area contributed by atoms with Gasteiger partial charge in [-0.15, -0.1) is 11.8 Å². The van der Waals surface area contributed by atoms with E-state index in [0.29, 0.717) is 0 Å². The maximum atomic E-state index is 5.27. The van der Waals surface area contributed by atoms with Gasteiger partial charge in [0.15, 0.2) is 0 Å². The molecule has 0 aliphatic carbocycles. The van der Waals surface area contributed by atoms with Gasteiger partial charge in [0.25, 0.3) is 0 Å². The van der Waals surface area contributed by atoms with Crippen molar-refractivity contribution in [1.29, 1.82) is 0 Å². The standard InChI is InChI=1S/C5H9NOS/c1-2-7-3-4-5(6-1)8-4/h4-6H,1-3H2. The molecule has 2 saturated heterocycles. The fraction of sp³-hybridized carbons (Fsp3) is 1.00. The summed E-state index contributed by atoms with van der Waals surface area (Å²) in [6, 6.07) is 0. The maximum absolute atomic E-state index is 5.27. The molecule has 0 bridgehead atoms. The lowest BCUT2D eigenvalue weighted by Gasteiger charge is -1.96. The Kier molecular flexibility index (Phi) is 1.21. The van der Waals surface area contributed by atoms with Gasteiger partial charge in [0.2, 0.25) is 0 Å². The number of nitrogens with one attached hydrogen (secondary N) is 1. The molecule has 2 aliphatic heterocycles. The van der Waals surface area contributed by atoms with Gasteiger partial charge in [-0.25, -0.2) is 0 Å². The number of thioether (sulfide) groups is 1. The third kappa shape index (κ3) is 0.855. The van der Waals surface area contributed by atoms with Gasteiger partial charge in [-0.1, -0.05) is 0 Å². The van der Waals surface area contributed by atoms with Crippen molar-refractivity contribution < 1.29 is 4.74 Å². The topological polar surface area (TPSA) is 21.3 Å². The summed E-state index contributed by atoms with van der Waals surface area (Å²) in [6.45, 7) is 2.89. The van der Waals surface area contributed by atoms with Crippen LogP contribution in [0.2, 0.25) is 0 Å². The van der Waals surface area contributed by atoms with E-state index in [1.54, 1.807) is 0 Å². The molecule has 2 heterocycles. The Morgan fingerprint density at radius 1 is 1.62 bits per heavy atom. The summed E-state index contributed by atoms with van der Waals surface area (Å²) in [5.41, 5.74) is 0. The smallest absolute Gasteiger partial charge is 0.0681 e. The Morgan fingerprint density at radius 2 is 2.62 bits per heavy atom. The normalized spacial score (nSPS) is 45.0. The first-order chi connectivity index (χ1) is 3.97. The first-order valence-corrected chi connectivity index (χ1v) is 3.88. The van der Waals surface area contributed by atoms with Gasteiger partial charge in [-0.2, -0.15) is 0 Å². The van der Waals surface area contributed by atoms with E-state index in [4.69, 9.17) is 4.74 Å². The molecule has 0 aromatic carbocycles. The van der Waals surface area contributed by atoms with Crippen LogP contribution in [0.5, 0.6) is 0 Å². The number of rotatable bonds is 0. The van der Waals surface area contributed by atoms with Gasteiger partial charge in [0.05, 0.1) is 23.8 Å². The summed E-state index contributed by atoms with van der Waals surface area (Å²) in [4.78, 5) is 0. The van der Waals surface area contributed by atoms with Crippen molar-refractivity contribution in [3.63, 3.8) is 0 Å². The molecule has 0 radical (unpaired) electrons. The molecule has 2 aliphatic rings. The van der Waals surface area contributed by atoms with Crippen LogP contribution in [0.15, 0.2) is 0 Å². The average molecular weight is 131 g/mol. The van der Waals surface area contributed by atoms with E-state index in [1.807, 2.05) is 11.8 Å². The van der Waals surface area contributed by atoms with Crippen LogP contribution in [0.25, 0.3) is 0 Å². The molecule has 0 aromatic rings. The second-order valence-electron chi connectivity index (χ2n) is 2.12. The Balaban J connectivity index is 1.89. The summed E-state index contributed by atoms with van der Waals surface area (Å²) in [6.07, 6.45) is 0. The molecule has 3 heteroatoms. The monoisotopic (exact) mass is 131 g/mol. The highest BCUT2D eigenvalue weighted by Crippen LogP contribution is 2.39. The average Bonchev–Trinajstić information content (AvgIpc) is 2.36. The molecule has 0 spiro atoms. The Hall–Kier alpha value is 0.270. The number of hydrogen-bond acceptors (Lipinski definition) is 3. The van der Waals surface area contributed by atoms with Crippen molar-refractivity contribution in [2.45, 2.75) is 10.6 Å². The molecular formula is C5H9NOS. The van der Waals surface area contributed by atoms with Crippen LogP contribution in [0.1, 0.15) is 0 Å². The maximum Gasteiger partial charge on any atom is 0.0681 e. The highest BCUT2D eigenvalue weighted by atomic mass is 32.2. The molecule has 0 amide bonds. The van der Waals surface area contributed by atoms with Crippen LogP contribution in [0, 0.1) is 0 Å². The van der Waals surface area contributed by atoms with Crippen LogP contribution < -0.4 is 5.32 Å². The predicted octanol–water partition coefficient (Wildman–Crippen LogP) is 0.0477. The molecule has 2 atom stereocenters. The Bertz CT molecular complexity index is 88.4. The molecule has 8 heavy (non-hydrogen) atoms. The molecule has 46 valence electrons. The van der Waals surface area contributed by atoms with Gasteiger partial charge in [-0.3, -0.25) is 0 Å². The second-order valence-corrected chi connectivity index (χ2v) is 3.51. The number of ether oxygens (including phenoxy) is 1. The molecule has 0 saturated carbocycles. The van der Waals surface area contributed by atoms with Crippen molar-refractivity contribution >= 4 is 11.8 Å². The van der Waals surface area contributed by atoms with Crippen molar-refractivity contribution in [1.82, 2.24) is 5.32 Å². The van der Waals surface area contributed by atoms with E-state index in [1.165, 1.54) is 0 Å². The van der Waals surface area contributed by atoms with Gasteiger partial charge in [0.1, 0.15) is 0 Å². The van der Waals surface area contributed by atoms with Crippen molar-refractivity contribution in [2.24, 2.45) is 0 Å². The molecule has 2 rings (SSSR count). The fourth-order valence-electron chi connectivity index (χ4n) is 0.922. The molecule has 2 unspecified atom stereocenters. The fourth-order valence-corrected chi connectivity index (χ4v) is 1.77. The second kappa shape index (κ2) is 1.90. The lowest BCUT2D eigenvalue weighted by Crippen LogP contribution is -2.19. The van der Waals surface area contributed by atoms with Crippen molar-refractivity contribution in [3.05, 3.63) is 0 Å². The van der Waals surface area contributed by atoms with Crippen LogP contribution in [0.4, 0.5) is 0 Å². The Labute approximate surface area is 53.0 Å². The van der Waals surface area contributed by atoms with Gasteiger partial charge >= 0.3 is 0 Å². The first-order valence-electron chi connectivity index (χ1n) is 2.93. The predicted molar refractivity (Wildman–Crippen MR) is 34.0 cm³/mol. The van der Waals surface area contributed by atoms with Crippen LogP contribution >= 0.6 is 11.8 Å². The number of fused-ring (bicyclic) bond motifs is 1.